The Kier molecular flexibility index (Phi) is 4.76. The van der Waals surface area contributed by atoms with Gasteiger partial charge in [0.2, 0.25) is 10.0 Å². The highest BCUT2D eigenvalue weighted by molar-refractivity contribution is 7.88. The van der Waals surface area contributed by atoms with E-state index in [0.717, 1.165) is 5.56 Å². The third-order valence-electron chi connectivity index (χ3n) is 2.93. The number of carbonyl (C=O) groups is 1. The van der Waals surface area contributed by atoms with Crippen LogP contribution in [0.1, 0.15) is 34.5 Å². The zero-order chi connectivity index (χ0) is 15.5. The molecule has 7 heteroatoms. The molecule has 0 saturated heterocycles. The van der Waals surface area contributed by atoms with E-state index < -0.39 is 16.0 Å². The van der Waals surface area contributed by atoms with E-state index in [1.807, 2.05) is 16.8 Å². The number of sulfonamides is 1. The van der Waals surface area contributed by atoms with Gasteiger partial charge in [0.25, 0.3) is 0 Å². The topological polar surface area (TPSA) is 83.5 Å². The predicted octanol–water partition coefficient (Wildman–Crippen LogP) is 2.63. The van der Waals surface area contributed by atoms with Crippen LogP contribution in [0.15, 0.2) is 41.1 Å². The van der Waals surface area contributed by atoms with Gasteiger partial charge in [-0.05, 0) is 47.0 Å². The molecule has 0 spiro atoms. The Balaban J connectivity index is 2.10. The fourth-order valence-electron chi connectivity index (χ4n) is 1.91. The van der Waals surface area contributed by atoms with Gasteiger partial charge in [0, 0.05) is 6.04 Å². The predicted molar refractivity (Wildman–Crippen MR) is 81.9 cm³/mol. The first-order valence-corrected chi connectivity index (χ1v) is 8.81. The van der Waals surface area contributed by atoms with Crippen molar-refractivity contribution in [2.45, 2.75) is 18.7 Å². The second-order valence-electron chi connectivity index (χ2n) is 4.66. The van der Waals surface area contributed by atoms with E-state index in [1.165, 1.54) is 29.5 Å². The molecule has 0 bridgehead atoms. The van der Waals surface area contributed by atoms with E-state index in [4.69, 9.17) is 5.11 Å². The van der Waals surface area contributed by atoms with E-state index in [1.54, 1.807) is 13.0 Å². The molecule has 0 amide bonds. The van der Waals surface area contributed by atoms with Crippen molar-refractivity contribution < 1.29 is 18.3 Å². The van der Waals surface area contributed by atoms with Crippen LogP contribution in [-0.4, -0.2) is 19.5 Å². The van der Waals surface area contributed by atoms with Gasteiger partial charge in [0.15, 0.2) is 0 Å². The highest BCUT2D eigenvalue weighted by atomic mass is 32.2. The summed E-state index contributed by atoms with van der Waals surface area (Å²) in [6.45, 7) is 1.77. The molecule has 0 radical (unpaired) electrons. The largest absolute Gasteiger partial charge is 0.478 e. The maximum absolute atomic E-state index is 12.1. The van der Waals surface area contributed by atoms with Crippen molar-refractivity contribution in [3.8, 4) is 0 Å². The van der Waals surface area contributed by atoms with Gasteiger partial charge in [-0.25, -0.2) is 17.9 Å². The molecule has 0 aliphatic heterocycles. The summed E-state index contributed by atoms with van der Waals surface area (Å²) in [6.07, 6.45) is 0. The first-order valence-electron chi connectivity index (χ1n) is 6.22. The number of hydrogen-bond acceptors (Lipinski definition) is 4. The van der Waals surface area contributed by atoms with E-state index in [9.17, 15) is 13.2 Å². The summed E-state index contributed by atoms with van der Waals surface area (Å²) in [5.41, 5.74) is 1.43. The molecule has 0 fully saturated rings. The zero-order valence-corrected chi connectivity index (χ0v) is 12.9. The zero-order valence-electron chi connectivity index (χ0n) is 11.3. The van der Waals surface area contributed by atoms with Crippen LogP contribution in [-0.2, 0) is 15.8 Å². The number of aromatic carboxylic acids is 1. The Hall–Kier alpha value is -1.70. The van der Waals surface area contributed by atoms with Crippen molar-refractivity contribution in [3.63, 3.8) is 0 Å². The molecule has 21 heavy (non-hydrogen) atoms. The lowest BCUT2D eigenvalue weighted by Crippen LogP contribution is -2.27. The Morgan fingerprint density at radius 2 is 2.14 bits per heavy atom. The first-order chi connectivity index (χ1) is 9.87. The van der Waals surface area contributed by atoms with Crippen LogP contribution in [0.3, 0.4) is 0 Å². The molecular weight excluding hydrogens is 310 g/mol. The number of nitrogens with one attached hydrogen (secondary N) is 1. The van der Waals surface area contributed by atoms with Crippen LogP contribution >= 0.6 is 11.3 Å². The van der Waals surface area contributed by atoms with Crippen molar-refractivity contribution in [3.05, 3.63) is 57.8 Å². The highest BCUT2D eigenvalue weighted by Crippen LogP contribution is 2.18. The summed E-state index contributed by atoms with van der Waals surface area (Å²) in [4.78, 5) is 10.9. The molecule has 0 aliphatic rings. The number of carboxylic acid groups (broad SMARTS) is 1. The van der Waals surface area contributed by atoms with Gasteiger partial charge in [0.05, 0.1) is 11.3 Å². The van der Waals surface area contributed by atoms with Gasteiger partial charge >= 0.3 is 5.97 Å². The van der Waals surface area contributed by atoms with Gasteiger partial charge in [-0.3, -0.25) is 0 Å². The van der Waals surface area contributed by atoms with Crippen molar-refractivity contribution in [1.82, 2.24) is 4.72 Å². The lowest BCUT2D eigenvalue weighted by atomic mass is 10.1. The maximum atomic E-state index is 12.1. The normalized spacial score (nSPS) is 13.0. The van der Waals surface area contributed by atoms with Gasteiger partial charge in [0.1, 0.15) is 0 Å². The van der Waals surface area contributed by atoms with Crippen LogP contribution in [0.4, 0.5) is 0 Å². The van der Waals surface area contributed by atoms with Crippen LogP contribution in [0.5, 0.6) is 0 Å². The quantitative estimate of drug-likeness (QED) is 0.855. The monoisotopic (exact) mass is 325 g/mol. The Labute approximate surface area is 127 Å². The lowest BCUT2D eigenvalue weighted by molar-refractivity contribution is 0.0696. The summed E-state index contributed by atoms with van der Waals surface area (Å²) in [7, 11) is -3.54. The van der Waals surface area contributed by atoms with Crippen LogP contribution in [0.25, 0.3) is 0 Å². The summed E-state index contributed by atoms with van der Waals surface area (Å²) in [5.74, 6) is -1.32. The highest BCUT2D eigenvalue weighted by Gasteiger charge is 2.17. The molecular formula is C14H15NO4S2. The molecule has 1 heterocycles. The lowest BCUT2D eigenvalue weighted by Gasteiger charge is -2.13. The van der Waals surface area contributed by atoms with E-state index in [0.29, 0.717) is 5.56 Å². The Morgan fingerprint density at radius 3 is 2.76 bits per heavy atom. The molecule has 1 unspecified atom stereocenters. The molecule has 2 aromatic rings. The van der Waals surface area contributed by atoms with Gasteiger partial charge in [-0.2, -0.15) is 11.3 Å². The minimum absolute atomic E-state index is 0.0774. The number of thiophene rings is 1. The number of benzene rings is 1. The molecule has 112 valence electrons. The third-order valence-corrected chi connectivity index (χ3v) is 5.06. The molecule has 0 aliphatic carbocycles. The van der Waals surface area contributed by atoms with Crippen molar-refractivity contribution in [2.24, 2.45) is 0 Å². The summed E-state index contributed by atoms with van der Waals surface area (Å²) < 4.78 is 26.9. The summed E-state index contributed by atoms with van der Waals surface area (Å²) >= 11 is 1.50. The van der Waals surface area contributed by atoms with Crippen LogP contribution < -0.4 is 4.72 Å². The maximum Gasteiger partial charge on any atom is 0.335 e. The fourth-order valence-corrected chi connectivity index (χ4v) is 4.04. The third kappa shape index (κ3) is 4.38. The summed E-state index contributed by atoms with van der Waals surface area (Å²) in [6, 6.07) is 7.49. The Morgan fingerprint density at radius 1 is 1.38 bits per heavy atom. The molecule has 1 aromatic carbocycles. The summed E-state index contributed by atoms with van der Waals surface area (Å²) in [5, 5.41) is 12.7. The van der Waals surface area contributed by atoms with Gasteiger partial charge in [-0.15, -0.1) is 0 Å². The van der Waals surface area contributed by atoms with Crippen LogP contribution in [0.2, 0.25) is 0 Å². The molecule has 1 aromatic heterocycles. The second kappa shape index (κ2) is 6.38. The smallest absolute Gasteiger partial charge is 0.335 e. The van der Waals surface area contributed by atoms with Crippen molar-refractivity contribution in [2.75, 3.05) is 0 Å². The van der Waals surface area contributed by atoms with E-state index in [2.05, 4.69) is 4.72 Å². The van der Waals surface area contributed by atoms with Gasteiger partial charge in [-0.1, -0.05) is 12.1 Å². The molecule has 2 rings (SSSR count). The number of rotatable bonds is 6. The van der Waals surface area contributed by atoms with Gasteiger partial charge < -0.3 is 5.11 Å². The van der Waals surface area contributed by atoms with Crippen molar-refractivity contribution >= 4 is 27.3 Å². The Bertz CT molecular complexity index is 723. The second-order valence-corrected chi connectivity index (χ2v) is 7.19. The van der Waals surface area contributed by atoms with Crippen LogP contribution in [0, 0.1) is 0 Å². The number of carboxylic acids is 1. The molecule has 0 saturated carbocycles. The fraction of sp³-hybridized carbons (Fsp3) is 0.214. The molecule has 2 N–H and O–H groups in total. The molecule has 5 nitrogen and oxygen atoms in total. The standard InChI is InChI=1S/C14H15NO4S2/c1-10(13-5-6-20-8-13)15-21(18,19)9-11-3-2-4-12(7-11)14(16)17/h2-8,10,15H,9H2,1H3,(H,16,17). The molecule has 1 atom stereocenters. The van der Waals surface area contributed by atoms with E-state index in [-0.39, 0.29) is 17.4 Å². The van der Waals surface area contributed by atoms with E-state index >= 15 is 0 Å². The average molecular weight is 325 g/mol. The number of hydrogen-bond donors (Lipinski definition) is 2. The minimum atomic E-state index is -3.54. The minimum Gasteiger partial charge on any atom is -0.478 e. The first kappa shape index (κ1) is 15.7. The average Bonchev–Trinajstić information content (AvgIpc) is 2.91. The SMILES string of the molecule is CC(NS(=O)(=O)Cc1cccc(C(=O)O)c1)c1ccsc1. The van der Waals surface area contributed by atoms with Crippen molar-refractivity contribution in [1.29, 1.82) is 0 Å².